The van der Waals surface area contributed by atoms with E-state index in [9.17, 15) is 9.90 Å². The third-order valence-corrected chi connectivity index (χ3v) is 4.43. The molecule has 3 nitrogen and oxygen atoms in total. The standard InChI is InChI=1S/C18H15BrO3/c1-22-16-8-4-13(5-9-16)18(21)11-15(20)10-17(18)12-2-6-14(19)7-3-12/h2-10,21H,11H2,1H3. The minimum atomic E-state index is -1.29. The Hall–Kier alpha value is -1.91. The third-order valence-electron chi connectivity index (χ3n) is 3.90. The van der Waals surface area contributed by atoms with Gasteiger partial charge in [0.05, 0.1) is 7.11 Å². The van der Waals surface area contributed by atoms with E-state index >= 15 is 0 Å². The number of hydrogen-bond donors (Lipinski definition) is 1. The van der Waals surface area contributed by atoms with Crippen molar-refractivity contribution in [3.8, 4) is 5.75 Å². The Bertz CT molecular complexity index is 732. The Morgan fingerprint density at radius 2 is 1.73 bits per heavy atom. The van der Waals surface area contributed by atoms with Gasteiger partial charge in [-0.25, -0.2) is 0 Å². The van der Waals surface area contributed by atoms with Gasteiger partial charge >= 0.3 is 0 Å². The number of ether oxygens (including phenoxy) is 1. The third kappa shape index (κ3) is 2.60. The van der Waals surface area contributed by atoms with Crippen LogP contribution in [0.25, 0.3) is 5.57 Å². The highest BCUT2D eigenvalue weighted by Crippen LogP contribution is 2.44. The molecule has 0 amide bonds. The van der Waals surface area contributed by atoms with Crippen LogP contribution >= 0.6 is 15.9 Å². The van der Waals surface area contributed by atoms with E-state index in [1.54, 1.807) is 31.4 Å². The summed E-state index contributed by atoms with van der Waals surface area (Å²) in [5, 5.41) is 11.1. The fourth-order valence-electron chi connectivity index (χ4n) is 2.75. The number of ketones is 1. The van der Waals surface area contributed by atoms with Crippen LogP contribution in [0.15, 0.2) is 59.1 Å². The number of halogens is 1. The Morgan fingerprint density at radius 1 is 1.09 bits per heavy atom. The number of rotatable bonds is 3. The molecule has 1 aliphatic carbocycles. The first-order valence-corrected chi connectivity index (χ1v) is 7.70. The van der Waals surface area contributed by atoms with Crippen molar-refractivity contribution in [1.29, 1.82) is 0 Å². The molecule has 22 heavy (non-hydrogen) atoms. The number of allylic oxidation sites excluding steroid dienone is 1. The number of benzene rings is 2. The lowest BCUT2D eigenvalue weighted by Crippen LogP contribution is -2.25. The molecule has 0 spiro atoms. The van der Waals surface area contributed by atoms with Gasteiger partial charge in [-0.3, -0.25) is 4.79 Å². The minimum Gasteiger partial charge on any atom is -0.497 e. The van der Waals surface area contributed by atoms with Crippen molar-refractivity contribution < 1.29 is 14.6 Å². The van der Waals surface area contributed by atoms with Crippen molar-refractivity contribution >= 4 is 27.3 Å². The molecule has 0 aliphatic heterocycles. The number of hydrogen-bond acceptors (Lipinski definition) is 3. The summed E-state index contributed by atoms with van der Waals surface area (Å²) < 4.78 is 6.10. The molecule has 0 radical (unpaired) electrons. The first-order valence-electron chi connectivity index (χ1n) is 6.91. The van der Waals surface area contributed by atoms with Gasteiger partial charge in [0.1, 0.15) is 11.4 Å². The van der Waals surface area contributed by atoms with E-state index in [1.807, 2.05) is 24.3 Å². The molecule has 1 aliphatic rings. The molecule has 112 valence electrons. The zero-order valence-corrected chi connectivity index (χ0v) is 13.6. The average molecular weight is 359 g/mol. The molecule has 1 unspecified atom stereocenters. The molecule has 0 bridgehead atoms. The van der Waals surface area contributed by atoms with Gasteiger partial charge in [0.2, 0.25) is 0 Å². The summed E-state index contributed by atoms with van der Waals surface area (Å²) in [4.78, 5) is 11.9. The maximum atomic E-state index is 11.9. The van der Waals surface area contributed by atoms with Crippen LogP contribution in [0.4, 0.5) is 0 Å². The first kappa shape index (κ1) is 15.0. The zero-order chi connectivity index (χ0) is 15.7. The van der Waals surface area contributed by atoms with Gasteiger partial charge in [0.15, 0.2) is 5.78 Å². The predicted molar refractivity (Wildman–Crippen MR) is 88.6 cm³/mol. The zero-order valence-electron chi connectivity index (χ0n) is 12.0. The summed E-state index contributed by atoms with van der Waals surface area (Å²) in [5.74, 6) is 0.641. The van der Waals surface area contributed by atoms with E-state index in [0.29, 0.717) is 16.9 Å². The maximum Gasteiger partial charge on any atom is 0.159 e. The van der Waals surface area contributed by atoms with Crippen molar-refractivity contribution in [2.24, 2.45) is 0 Å². The first-order chi connectivity index (χ1) is 10.5. The van der Waals surface area contributed by atoms with E-state index < -0.39 is 5.60 Å². The molecule has 3 rings (SSSR count). The lowest BCUT2D eigenvalue weighted by atomic mass is 9.84. The molecule has 1 N–H and O–H groups in total. The molecular formula is C18H15BrO3. The van der Waals surface area contributed by atoms with E-state index in [2.05, 4.69) is 15.9 Å². The highest BCUT2D eigenvalue weighted by atomic mass is 79.9. The van der Waals surface area contributed by atoms with Crippen LogP contribution in [-0.4, -0.2) is 18.0 Å². The Morgan fingerprint density at radius 3 is 2.32 bits per heavy atom. The summed E-state index contributed by atoms with van der Waals surface area (Å²) >= 11 is 3.39. The van der Waals surface area contributed by atoms with Gasteiger partial charge in [-0.1, -0.05) is 40.2 Å². The van der Waals surface area contributed by atoms with Gasteiger partial charge in [0, 0.05) is 10.9 Å². The van der Waals surface area contributed by atoms with Gasteiger partial charge in [-0.15, -0.1) is 0 Å². The van der Waals surface area contributed by atoms with Gasteiger partial charge in [-0.2, -0.15) is 0 Å². The number of aliphatic hydroxyl groups is 1. The quantitative estimate of drug-likeness (QED) is 0.909. The molecule has 2 aromatic rings. The highest BCUT2D eigenvalue weighted by Gasteiger charge is 2.41. The van der Waals surface area contributed by atoms with Crippen molar-refractivity contribution in [3.05, 3.63) is 70.2 Å². The highest BCUT2D eigenvalue weighted by molar-refractivity contribution is 9.10. The molecule has 0 saturated heterocycles. The van der Waals surface area contributed by atoms with Crippen LogP contribution in [0, 0.1) is 0 Å². The molecule has 4 heteroatoms. The topological polar surface area (TPSA) is 46.5 Å². The van der Waals surface area contributed by atoms with E-state index in [-0.39, 0.29) is 12.2 Å². The Kier molecular flexibility index (Phi) is 3.89. The molecular weight excluding hydrogens is 344 g/mol. The largest absolute Gasteiger partial charge is 0.497 e. The second-order valence-corrected chi connectivity index (χ2v) is 6.21. The average Bonchev–Trinajstić information content (AvgIpc) is 2.84. The van der Waals surface area contributed by atoms with Crippen LogP contribution in [0.5, 0.6) is 5.75 Å². The van der Waals surface area contributed by atoms with Crippen LogP contribution in [0.1, 0.15) is 17.5 Å². The molecule has 0 heterocycles. The number of methoxy groups -OCH3 is 1. The maximum absolute atomic E-state index is 11.9. The SMILES string of the molecule is COc1ccc(C2(O)CC(=O)C=C2c2ccc(Br)cc2)cc1. The van der Waals surface area contributed by atoms with E-state index in [1.165, 1.54) is 6.08 Å². The Balaban J connectivity index is 2.05. The summed E-state index contributed by atoms with van der Waals surface area (Å²) in [6.45, 7) is 0. The second kappa shape index (κ2) is 5.71. The van der Waals surface area contributed by atoms with Crippen molar-refractivity contribution in [2.45, 2.75) is 12.0 Å². The van der Waals surface area contributed by atoms with Crippen molar-refractivity contribution in [1.82, 2.24) is 0 Å². The smallest absolute Gasteiger partial charge is 0.159 e. The minimum absolute atomic E-state index is 0.0602. The lowest BCUT2D eigenvalue weighted by Gasteiger charge is -2.27. The molecule has 2 aromatic carbocycles. The molecule has 0 aromatic heterocycles. The monoisotopic (exact) mass is 358 g/mol. The number of carbonyl (C=O) groups is 1. The summed E-state index contributed by atoms with van der Waals surface area (Å²) in [5.41, 5.74) is 0.868. The summed E-state index contributed by atoms with van der Waals surface area (Å²) in [6.07, 6.45) is 1.60. The van der Waals surface area contributed by atoms with E-state index in [0.717, 1.165) is 10.0 Å². The van der Waals surface area contributed by atoms with Crippen molar-refractivity contribution in [2.75, 3.05) is 7.11 Å². The predicted octanol–water partition coefficient (Wildman–Crippen LogP) is 3.70. The normalized spacial score (nSPS) is 20.9. The van der Waals surface area contributed by atoms with Crippen LogP contribution < -0.4 is 4.74 Å². The number of carbonyl (C=O) groups excluding carboxylic acids is 1. The van der Waals surface area contributed by atoms with Gasteiger partial charge in [-0.05, 0) is 47.0 Å². The summed E-state index contributed by atoms with van der Waals surface area (Å²) in [6, 6.07) is 14.7. The molecule has 0 saturated carbocycles. The van der Waals surface area contributed by atoms with Crippen LogP contribution in [0.2, 0.25) is 0 Å². The van der Waals surface area contributed by atoms with Crippen molar-refractivity contribution in [3.63, 3.8) is 0 Å². The van der Waals surface area contributed by atoms with Crippen LogP contribution in [0.3, 0.4) is 0 Å². The van der Waals surface area contributed by atoms with Crippen LogP contribution in [-0.2, 0) is 10.4 Å². The second-order valence-electron chi connectivity index (χ2n) is 5.30. The molecule has 0 fully saturated rings. The Labute approximate surface area is 137 Å². The lowest BCUT2D eigenvalue weighted by molar-refractivity contribution is -0.116. The fourth-order valence-corrected chi connectivity index (χ4v) is 3.02. The van der Waals surface area contributed by atoms with Gasteiger partial charge < -0.3 is 9.84 Å². The van der Waals surface area contributed by atoms with E-state index in [4.69, 9.17) is 4.74 Å². The molecule has 1 atom stereocenters. The fraction of sp³-hybridized carbons (Fsp3) is 0.167. The summed E-state index contributed by atoms with van der Waals surface area (Å²) in [7, 11) is 1.59. The van der Waals surface area contributed by atoms with Gasteiger partial charge in [0.25, 0.3) is 0 Å².